The molecule has 0 spiro atoms. The highest BCUT2D eigenvalue weighted by Gasteiger charge is 2.27. The smallest absolute Gasteiger partial charge is 0.0669 e. The van der Waals surface area contributed by atoms with Crippen molar-refractivity contribution >= 4 is 0 Å². The summed E-state index contributed by atoms with van der Waals surface area (Å²) in [6.45, 7) is 4.47. The van der Waals surface area contributed by atoms with E-state index in [2.05, 4.69) is 25.1 Å². The second kappa shape index (κ2) is 5.87. The predicted molar refractivity (Wildman–Crippen MR) is 75.3 cm³/mol. The molecule has 1 aromatic heterocycles. The summed E-state index contributed by atoms with van der Waals surface area (Å²) in [7, 11) is 1.99. The van der Waals surface area contributed by atoms with Crippen molar-refractivity contribution in [2.24, 2.45) is 24.6 Å². The maximum Gasteiger partial charge on any atom is 0.0669 e. The summed E-state index contributed by atoms with van der Waals surface area (Å²) in [5.74, 6) is 1.59. The van der Waals surface area contributed by atoms with Gasteiger partial charge in [0.15, 0.2) is 0 Å². The number of hydrogen-bond donors (Lipinski definition) is 1. The van der Waals surface area contributed by atoms with Crippen LogP contribution in [0.4, 0.5) is 0 Å². The standard InChI is InChI=1S/C15H27N3/c1-4-11-6-8-12(9-7-11)15(16)13-10-18(3)17-14(13)5-2/h10-12,15H,4-9,16H2,1-3H3. The summed E-state index contributed by atoms with van der Waals surface area (Å²) in [6.07, 6.45) is 9.72. The molecule has 0 radical (unpaired) electrons. The van der Waals surface area contributed by atoms with Gasteiger partial charge in [-0.3, -0.25) is 4.68 Å². The third-order valence-corrected chi connectivity index (χ3v) is 4.61. The molecule has 0 bridgehead atoms. The fourth-order valence-corrected chi connectivity index (χ4v) is 3.32. The van der Waals surface area contributed by atoms with Gasteiger partial charge in [-0.15, -0.1) is 0 Å². The average Bonchev–Trinajstić information content (AvgIpc) is 2.79. The van der Waals surface area contributed by atoms with Gasteiger partial charge >= 0.3 is 0 Å². The largest absolute Gasteiger partial charge is 0.324 e. The number of rotatable bonds is 4. The Hall–Kier alpha value is -0.830. The number of hydrogen-bond acceptors (Lipinski definition) is 2. The molecule has 1 heterocycles. The van der Waals surface area contributed by atoms with E-state index in [1.807, 2.05) is 11.7 Å². The van der Waals surface area contributed by atoms with Crippen LogP contribution in [0.15, 0.2) is 6.20 Å². The highest BCUT2D eigenvalue weighted by molar-refractivity contribution is 5.22. The fourth-order valence-electron chi connectivity index (χ4n) is 3.32. The molecular weight excluding hydrogens is 222 g/mol. The maximum atomic E-state index is 6.49. The van der Waals surface area contributed by atoms with E-state index >= 15 is 0 Å². The van der Waals surface area contributed by atoms with Crippen LogP contribution in [-0.2, 0) is 13.5 Å². The monoisotopic (exact) mass is 249 g/mol. The summed E-state index contributed by atoms with van der Waals surface area (Å²) < 4.78 is 1.91. The van der Waals surface area contributed by atoms with Crippen LogP contribution in [0.2, 0.25) is 0 Å². The topological polar surface area (TPSA) is 43.8 Å². The van der Waals surface area contributed by atoms with Gasteiger partial charge in [0.2, 0.25) is 0 Å². The van der Waals surface area contributed by atoms with E-state index < -0.39 is 0 Å². The number of nitrogens with zero attached hydrogens (tertiary/aromatic N) is 2. The molecule has 1 fully saturated rings. The van der Waals surface area contributed by atoms with Gasteiger partial charge in [0.25, 0.3) is 0 Å². The van der Waals surface area contributed by atoms with Gasteiger partial charge in [0, 0.05) is 24.8 Å². The van der Waals surface area contributed by atoms with Gasteiger partial charge in [0.1, 0.15) is 0 Å². The summed E-state index contributed by atoms with van der Waals surface area (Å²) in [5, 5.41) is 4.51. The molecule has 18 heavy (non-hydrogen) atoms. The number of aryl methyl sites for hydroxylation is 2. The van der Waals surface area contributed by atoms with Crippen LogP contribution in [0.25, 0.3) is 0 Å². The SMILES string of the molecule is CCc1nn(C)cc1C(N)C1CCC(CC)CC1. The van der Waals surface area contributed by atoms with Crippen LogP contribution < -0.4 is 5.73 Å². The average molecular weight is 249 g/mol. The van der Waals surface area contributed by atoms with Crippen LogP contribution in [0.1, 0.15) is 63.3 Å². The number of aromatic nitrogens is 2. The maximum absolute atomic E-state index is 6.49. The molecule has 1 atom stereocenters. The van der Waals surface area contributed by atoms with Crippen LogP contribution in [0, 0.1) is 11.8 Å². The first-order chi connectivity index (χ1) is 8.65. The molecule has 0 aromatic carbocycles. The van der Waals surface area contributed by atoms with Crippen molar-refractivity contribution in [3.8, 4) is 0 Å². The first-order valence-electron chi connectivity index (χ1n) is 7.43. The molecule has 1 saturated carbocycles. The van der Waals surface area contributed by atoms with Crippen molar-refractivity contribution in [3.05, 3.63) is 17.5 Å². The molecule has 0 amide bonds. The van der Waals surface area contributed by atoms with E-state index in [1.165, 1.54) is 43.4 Å². The molecule has 0 saturated heterocycles. The summed E-state index contributed by atoms with van der Waals surface area (Å²) >= 11 is 0. The highest BCUT2D eigenvalue weighted by atomic mass is 15.3. The first kappa shape index (κ1) is 13.6. The molecule has 2 rings (SSSR count). The molecule has 0 aliphatic heterocycles. The Labute approximate surface area is 111 Å². The van der Waals surface area contributed by atoms with Crippen molar-refractivity contribution < 1.29 is 0 Å². The van der Waals surface area contributed by atoms with Crippen LogP contribution in [-0.4, -0.2) is 9.78 Å². The van der Waals surface area contributed by atoms with E-state index in [-0.39, 0.29) is 6.04 Å². The Morgan fingerprint density at radius 1 is 1.33 bits per heavy atom. The van der Waals surface area contributed by atoms with Crippen molar-refractivity contribution in [1.82, 2.24) is 9.78 Å². The minimum Gasteiger partial charge on any atom is -0.324 e. The van der Waals surface area contributed by atoms with Gasteiger partial charge < -0.3 is 5.73 Å². The van der Waals surface area contributed by atoms with Gasteiger partial charge in [-0.05, 0) is 31.1 Å². The van der Waals surface area contributed by atoms with Crippen LogP contribution >= 0.6 is 0 Å². The van der Waals surface area contributed by atoms with Crippen molar-refractivity contribution in [2.75, 3.05) is 0 Å². The molecule has 3 heteroatoms. The van der Waals surface area contributed by atoms with Gasteiger partial charge in [-0.2, -0.15) is 5.10 Å². The first-order valence-corrected chi connectivity index (χ1v) is 7.43. The minimum absolute atomic E-state index is 0.187. The molecule has 1 aliphatic carbocycles. The van der Waals surface area contributed by atoms with E-state index in [9.17, 15) is 0 Å². The molecular formula is C15H27N3. The molecule has 1 aromatic rings. The van der Waals surface area contributed by atoms with E-state index in [4.69, 9.17) is 5.73 Å². The zero-order chi connectivity index (χ0) is 13.1. The fraction of sp³-hybridized carbons (Fsp3) is 0.800. The second-order valence-electron chi connectivity index (χ2n) is 5.77. The summed E-state index contributed by atoms with van der Waals surface area (Å²) in [5.41, 5.74) is 8.95. The quantitative estimate of drug-likeness (QED) is 0.890. The highest BCUT2D eigenvalue weighted by Crippen LogP contribution is 2.37. The lowest BCUT2D eigenvalue weighted by molar-refractivity contribution is 0.239. The van der Waals surface area contributed by atoms with Crippen LogP contribution in [0.3, 0.4) is 0 Å². The lowest BCUT2D eigenvalue weighted by atomic mass is 9.76. The Kier molecular flexibility index (Phi) is 4.44. The van der Waals surface area contributed by atoms with Crippen LogP contribution in [0.5, 0.6) is 0 Å². The Morgan fingerprint density at radius 2 is 2.00 bits per heavy atom. The number of nitrogens with two attached hydrogens (primary N) is 1. The third-order valence-electron chi connectivity index (χ3n) is 4.61. The van der Waals surface area contributed by atoms with Gasteiger partial charge in [0.05, 0.1) is 5.69 Å². The Bertz CT molecular complexity index is 375. The van der Waals surface area contributed by atoms with Crippen molar-refractivity contribution in [3.63, 3.8) is 0 Å². The van der Waals surface area contributed by atoms with E-state index in [1.54, 1.807) is 0 Å². The summed E-state index contributed by atoms with van der Waals surface area (Å²) in [6, 6.07) is 0.187. The third kappa shape index (κ3) is 2.77. The molecule has 102 valence electrons. The van der Waals surface area contributed by atoms with E-state index in [0.29, 0.717) is 5.92 Å². The molecule has 2 N–H and O–H groups in total. The van der Waals surface area contributed by atoms with E-state index in [0.717, 1.165) is 12.3 Å². The predicted octanol–water partition coefficient (Wildman–Crippen LogP) is 3.20. The Morgan fingerprint density at radius 3 is 2.56 bits per heavy atom. The second-order valence-corrected chi connectivity index (χ2v) is 5.77. The molecule has 1 unspecified atom stereocenters. The van der Waals surface area contributed by atoms with Crippen molar-refractivity contribution in [2.45, 2.75) is 58.4 Å². The lowest BCUT2D eigenvalue weighted by Gasteiger charge is -2.31. The van der Waals surface area contributed by atoms with Gasteiger partial charge in [-0.1, -0.05) is 33.1 Å². The lowest BCUT2D eigenvalue weighted by Crippen LogP contribution is -2.26. The minimum atomic E-state index is 0.187. The molecule has 1 aliphatic rings. The van der Waals surface area contributed by atoms with Crippen molar-refractivity contribution in [1.29, 1.82) is 0 Å². The summed E-state index contributed by atoms with van der Waals surface area (Å²) in [4.78, 5) is 0. The Balaban J connectivity index is 2.04. The van der Waals surface area contributed by atoms with Gasteiger partial charge in [-0.25, -0.2) is 0 Å². The zero-order valence-corrected chi connectivity index (χ0v) is 12.0. The zero-order valence-electron chi connectivity index (χ0n) is 12.0. The molecule has 3 nitrogen and oxygen atoms in total. The normalized spacial score (nSPS) is 26.2.